The number of ether oxygens (including phenoxy) is 3. The predicted octanol–water partition coefficient (Wildman–Crippen LogP) is 1.79. The monoisotopic (exact) mass is 289 g/mol. The van der Waals surface area contributed by atoms with Crippen LogP contribution in [0.1, 0.15) is 11.3 Å². The molecule has 6 nitrogen and oxygen atoms in total. The first-order chi connectivity index (χ1) is 10.3. The van der Waals surface area contributed by atoms with E-state index in [0.29, 0.717) is 30.3 Å². The molecule has 1 N–H and O–H groups in total. The van der Waals surface area contributed by atoms with Gasteiger partial charge in [-0.2, -0.15) is 10.2 Å². The van der Waals surface area contributed by atoms with Crippen molar-refractivity contribution in [1.82, 2.24) is 15.5 Å². The smallest absolute Gasteiger partial charge is 0.203 e. The summed E-state index contributed by atoms with van der Waals surface area (Å²) in [5, 5.41) is 11.2. The summed E-state index contributed by atoms with van der Waals surface area (Å²) in [5.74, 6) is 1.89. The van der Waals surface area contributed by atoms with Gasteiger partial charge < -0.3 is 19.5 Å². The summed E-state index contributed by atoms with van der Waals surface area (Å²) in [6, 6.07) is 7.63. The molecule has 1 aromatic carbocycles. The summed E-state index contributed by atoms with van der Waals surface area (Å²) in [5.41, 5.74) is 1.93. The summed E-state index contributed by atoms with van der Waals surface area (Å²) >= 11 is 0. The molecular weight excluding hydrogens is 270 g/mol. The highest BCUT2D eigenvalue weighted by atomic mass is 16.5. The molecule has 2 rings (SSSR count). The number of nitrogens with zero attached hydrogens (tertiary/aromatic N) is 2. The zero-order valence-corrected chi connectivity index (χ0v) is 12.4. The Morgan fingerprint density at radius 2 is 1.71 bits per heavy atom. The molecule has 0 amide bonds. The van der Waals surface area contributed by atoms with E-state index >= 15 is 0 Å². The number of benzene rings is 1. The van der Waals surface area contributed by atoms with Gasteiger partial charge in [-0.05, 0) is 29.8 Å². The molecule has 21 heavy (non-hydrogen) atoms. The first-order valence-electron chi connectivity index (χ1n) is 6.54. The maximum absolute atomic E-state index is 5.33. The van der Waals surface area contributed by atoms with Gasteiger partial charge in [-0.25, -0.2) is 0 Å². The van der Waals surface area contributed by atoms with Crippen molar-refractivity contribution in [3.8, 4) is 17.2 Å². The number of hydrogen-bond acceptors (Lipinski definition) is 6. The number of nitrogens with one attached hydrogen (secondary N) is 1. The number of hydrogen-bond donors (Lipinski definition) is 1. The summed E-state index contributed by atoms with van der Waals surface area (Å²) in [6.45, 7) is 1.30. The van der Waals surface area contributed by atoms with E-state index in [1.165, 1.54) is 0 Å². The highest BCUT2D eigenvalue weighted by molar-refractivity contribution is 5.53. The summed E-state index contributed by atoms with van der Waals surface area (Å²) in [6.07, 6.45) is 1.66. The molecule has 0 spiro atoms. The van der Waals surface area contributed by atoms with E-state index in [-0.39, 0.29) is 0 Å². The SMILES string of the molecule is COc1cc(CNCc2cccnn2)cc(OC)c1OC. The van der Waals surface area contributed by atoms with Crippen molar-refractivity contribution in [2.45, 2.75) is 13.1 Å². The third-order valence-corrected chi connectivity index (χ3v) is 2.99. The molecule has 0 saturated carbocycles. The van der Waals surface area contributed by atoms with Crippen molar-refractivity contribution in [3.05, 3.63) is 41.7 Å². The summed E-state index contributed by atoms with van der Waals surface area (Å²) in [4.78, 5) is 0. The second-order valence-electron chi connectivity index (χ2n) is 4.35. The Balaban J connectivity index is 2.06. The normalized spacial score (nSPS) is 10.2. The largest absolute Gasteiger partial charge is 0.493 e. The Hall–Kier alpha value is -2.34. The molecule has 112 valence electrons. The highest BCUT2D eigenvalue weighted by Crippen LogP contribution is 2.38. The molecule has 2 aromatic rings. The predicted molar refractivity (Wildman–Crippen MR) is 78.7 cm³/mol. The molecule has 0 unspecified atom stereocenters. The lowest BCUT2D eigenvalue weighted by atomic mass is 10.1. The second-order valence-corrected chi connectivity index (χ2v) is 4.35. The number of aromatic nitrogens is 2. The number of methoxy groups -OCH3 is 3. The maximum atomic E-state index is 5.33. The first kappa shape index (κ1) is 15.1. The van der Waals surface area contributed by atoms with Crippen molar-refractivity contribution in [2.24, 2.45) is 0 Å². The topological polar surface area (TPSA) is 65.5 Å². The lowest BCUT2D eigenvalue weighted by molar-refractivity contribution is 0.323. The maximum Gasteiger partial charge on any atom is 0.203 e. The van der Waals surface area contributed by atoms with Gasteiger partial charge in [0.25, 0.3) is 0 Å². The van der Waals surface area contributed by atoms with Gasteiger partial charge in [0.1, 0.15) is 0 Å². The fourth-order valence-electron chi connectivity index (χ4n) is 2.00. The minimum absolute atomic E-state index is 0.595. The van der Waals surface area contributed by atoms with Crippen LogP contribution in [-0.4, -0.2) is 31.5 Å². The fourth-order valence-corrected chi connectivity index (χ4v) is 2.00. The summed E-state index contributed by atoms with van der Waals surface area (Å²) in [7, 11) is 4.80. The molecular formula is C15H19N3O3. The van der Waals surface area contributed by atoms with Gasteiger partial charge in [-0.1, -0.05) is 0 Å². The van der Waals surface area contributed by atoms with E-state index in [0.717, 1.165) is 11.3 Å². The van der Waals surface area contributed by atoms with E-state index in [1.807, 2.05) is 24.3 Å². The van der Waals surface area contributed by atoms with E-state index in [1.54, 1.807) is 27.5 Å². The van der Waals surface area contributed by atoms with Crippen LogP contribution in [0, 0.1) is 0 Å². The molecule has 6 heteroatoms. The third kappa shape index (κ3) is 3.82. The van der Waals surface area contributed by atoms with Crippen LogP contribution in [0.25, 0.3) is 0 Å². The van der Waals surface area contributed by atoms with Gasteiger partial charge in [-0.3, -0.25) is 0 Å². The fraction of sp³-hybridized carbons (Fsp3) is 0.333. The van der Waals surface area contributed by atoms with Crippen LogP contribution >= 0.6 is 0 Å². The number of rotatable bonds is 7. The van der Waals surface area contributed by atoms with Crippen molar-refractivity contribution in [1.29, 1.82) is 0 Å². The van der Waals surface area contributed by atoms with Crippen molar-refractivity contribution in [3.63, 3.8) is 0 Å². The van der Waals surface area contributed by atoms with Crippen LogP contribution < -0.4 is 19.5 Å². The van der Waals surface area contributed by atoms with Gasteiger partial charge >= 0.3 is 0 Å². The van der Waals surface area contributed by atoms with Gasteiger partial charge in [0.2, 0.25) is 5.75 Å². The van der Waals surface area contributed by atoms with E-state index in [4.69, 9.17) is 14.2 Å². The average molecular weight is 289 g/mol. The molecule has 0 fully saturated rings. The zero-order valence-electron chi connectivity index (χ0n) is 12.4. The zero-order chi connectivity index (χ0) is 15.1. The third-order valence-electron chi connectivity index (χ3n) is 2.99. The van der Waals surface area contributed by atoms with Crippen LogP contribution in [0.4, 0.5) is 0 Å². The second kappa shape index (κ2) is 7.44. The molecule has 1 heterocycles. The van der Waals surface area contributed by atoms with Crippen LogP contribution in [-0.2, 0) is 13.1 Å². The molecule has 0 radical (unpaired) electrons. The molecule has 0 saturated heterocycles. The minimum Gasteiger partial charge on any atom is -0.493 e. The Kier molecular flexibility index (Phi) is 5.34. The Bertz CT molecular complexity index is 551. The Morgan fingerprint density at radius 1 is 1.00 bits per heavy atom. The van der Waals surface area contributed by atoms with Crippen LogP contribution in [0.5, 0.6) is 17.2 Å². The standard InChI is InChI=1S/C15H19N3O3/c1-19-13-7-11(8-14(20-2)15(13)21-3)9-16-10-12-5-4-6-17-18-12/h4-8,16H,9-10H2,1-3H3. The Labute approximate surface area is 124 Å². The van der Waals surface area contributed by atoms with Crippen molar-refractivity contribution in [2.75, 3.05) is 21.3 Å². The van der Waals surface area contributed by atoms with Crippen LogP contribution in [0.3, 0.4) is 0 Å². The van der Waals surface area contributed by atoms with Crippen molar-refractivity contribution >= 4 is 0 Å². The molecule has 0 atom stereocenters. The minimum atomic E-state index is 0.595. The van der Waals surface area contributed by atoms with Crippen molar-refractivity contribution < 1.29 is 14.2 Å². The van der Waals surface area contributed by atoms with Gasteiger partial charge in [0, 0.05) is 19.3 Å². The average Bonchev–Trinajstić information content (AvgIpc) is 2.54. The van der Waals surface area contributed by atoms with Gasteiger partial charge in [0.05, 0.1) is 27.0 Å². The molecule has 1 aromatic heterocycles. The molecule has 0 aliphatic carbocycles. The van der Waals surface area contributed by atoms with E-state index < -0.39 is 0 Å². The highest BCUT2D eigenvalue weighted by Gasteiger charge is 2.12. The van der Waals surface area contributed by atoms with Gasteiger partial charge in [0.15, 0.2) is 11.5 Å². The Morgan fingerprint density at radius 3 is 2.24 bits per heavy atom. The van der Waals surface area contributed by atoms with Gasteiger partial charge in [-0.15, -0.1) is 0 Å². The lowest BCUT2D eigenvalue weighted by Crippen LogP contribution is -2.14. The molecule has 0 aliphatic heterocycles. The van der Waals surface area contributed by atoms with E-state index in [9.17, 15) is 0 Å². The summed E-state index contributed by atoms with van der Waals surface area (Å²) < 4.78 is 16.0. The molecule has 0 bridgehead atoms. The van der Waals surface area contributed by atoms with Crippen LogP contribution in [0.15, 0.2) is 30.5 Å². The quantitative estimate of drug-likeness (QED) is 0.838. The lowest BCUT2D eigenvalue weighted by Gasteiger charge is -2.14. The molecule has 0 aliphatic rings. The van der Waals surface area contributed by atoms with E-state index in [2.05, 4.69) is 15.5 Å². The van der Waals surface area contributed by atoms with Crippen LogP contribution in [0.2, 0.25) is 0 Å². The first-order valence-corrected chi connectivity index (χ1v) is 6.54.